The number of carbonyl (C=O) groups excluding carboxylic acids is 1. The van der Waals surface area contributed by atoms with Crippen LogP contribution in [0.2, 0.25) is 0 Å². The van der Waals surface area contributed by atoms with E-state index >= 15 is 0 Å². The second-order valence-corrected chi connectivity index (χ2v) is 12.9. The Kier molecular flexibility index (Phi) is 7.00. The van der Waals surface area contributed by atoms with E-state index in [9.17, 15) is 4.79 Å². The first-order valence-electron chi connectivity index (χ1n) is 15.4. The van der Waals surface area contributed by atoms with E-state index in [1.807, 2.05) is 18.2 Å². The molecule has 4 fully saturated rings. The predicted molar refractivity (Wildman–Crippen MR) is 165 cm³/mol. The van der Waals surface area contributed by atoms with Gasteiger partial charge in [0.05, 0.1) is 11.6 Å². The molecule has 4 aliphatic carbocycles. The van der Waals surface area contributed by atoms with Crippen LogP contribution in [0.15, 0.2) is 121 Å². The first kappa shape index (κ1) is 26.2. The molecule has 1 amide bonds. The number of hydrogen-bond acceptors (Lipinski definition) is 2. The largest absolute Gasteiger partial charge is 0.351 e. The molecule has 2 N–H and O–H groups in total. The minimum Gasteiger partial charge on any atom is -0.351 e. The zero-order chi connectivity index (χ0) is 27.7. The van der Waals surface area contributed by atoms with Crippen LogP contribution in [-0.4, -0.2) is 11.9 Å². The Morgan fingerprint density at radius 3 is 1.44 bits per heavy atom. The van der Waals surface area contributed by atoms with Gasteiger partial charge in [-0.2, -0.15) is 0 Å². The van der Waals surface area contributed by atoms with Gasteiger partial charge in [0.2, 0.25) is 5.91 Å². The summed E-state index contributed by atoms with van der Waals surface area (Å²) in [4.78, 5) is 14.6. The molecule has 3 heteroatoms. The Hall–Kier alpha value is -3.69. The molecule has 3 nitrogen and oxygen atoms in total. The zero-order valence-electron chi connectivity index (χ0n) is 23.7. The first-order chi connectivity index (χ1) is 20.1. The van der Waals surface area contributed by atoms with Crippen molar-refractivity contribution in [3.05, 3.63) is 144 Å². The fourth-order valence-corrected chi connectivity index (χ4v) is 8.95. The van der Waals surface area contributed by atoms with Crippen molar-refractivity contribution in [2.75, 3.05) is 0 Å². The minimum atomic E-state index is -0.679. The van der Waals surface area contributed by atoms with Crippen molar-refractivity contribution < 1.29 is 4.79 Å². The molecule has 4 aromatic carbocycles. The predicted octanol–water partition coefficient (Wildman–Crippen LogP) is 7.47. The molecule has 0 heterocycles. The molecular weight excluding hydrogens is 500 g/mol. The van der Waals surface area contributed by atoms with Gasteiger partial charge in [0.25, 0.3) is 0 Å². The van der Waals surface area contributed by atoms with Crippen molar-refractivity contribution in [1.29, 1.82) is 0 Å². The fourth-order valence-electron chi connectivity index (χ4n) is 8.95. The number of hydrogen-bond donors (Lipinski definition) is 2. The zero-order valence-corrected chi connectivity index (χ0v) is 23.7. The van der Waals surface area contributed by atoms with Gasteiger partial charge in [0.15, 0.2) is 0 Å². The van der Waals surface area contributed by atoms with Gasteiger partial charge < -0.3 is 5.32 Å². The van der Waals surface area contributed by atoms with Crippen LogP contribution in [0.3, 0.4) is 0 Å². The third kappa shape index (κ3) is 4.91. The Morgan fingerprint density at radius 1 is 0.634 bits per heavy atom. The minimum absolute atomic E-state index is 0.0425. The maximum atomic E-state index is 14.6. The van der Waals surface area contributed by atoms with Crippen molar-refractivity contribution in [3.8, 4) is 0 Å². The molecule has 41 heavy (non-hydrogen) atoms. The van der Waals surface area contributed by atoms with E-state index < -0.39 is 5.54 Å². The summed E-state index contributed by atoms with van der Waals surface area (Å²) in [5.74, 6) is 2.36. The number of rotatable bonds is 9. The summed E-state index contributed by atoms with van der Waals surface area (Å²) in [6.45, 7) is 0.541. The third-order valence-corrected chi connectivity index (χ3v) is 10.3. The van der Waals surface area contributed by atoms with Gasteiger partial charge in [0, 0.05) is 6.54 Å². The van der Waals surface area contributed by atoms with E-state index in [2.05, 4.69) is 114 Å². The van der Waals surface area contributed by atoms with E-state index in [1.165, 1.54) is 19.3 Å². The molecule has 4 aliphatic rings. The smallest absolute Gasteiger partial charge is 0.238 e. The standard InChI is InChI=1S/C38H40N2O/c41-36(39-27-28-13-5-1-6-14-28)35(37-24-29-21-30(25-37)23-31(22-29)26-37)40-38(32-15-7-2-8-16-32,33-17-9-3-10-18-33)34-19-11-4-12-20-34/h1-20,29-31,35,40H,21-27H2,(H,39,41). The summed E-state index contributed by atoms with van der Waals surface area (Å²) in [5, 5.41) is 7.60. The Labute approximate surface area is 244 Å². The monoisotopic (exact) mass is 540 g/mol. The highest BCUT2D eigenvalue weighted by molar-refractivity contribution is 5.83. The molecule has 1 atom stereocenters. The van der Waals surface area contributed by atoms with E-state index in [4.69, 9.17) is 0 Å². The van der Waals surface area contributed by atoms with Crippen molar-refractivity contribution in [2.24, 2.45) is 23.2 Å². The number of nitrogens with one attached hydrogen (secondary N) is 2. The SMILES string of the molecule is O=C(NCc1ccccc1)C(NC(c1ccccc1)(c1ccccc1)c1ccccc1)C12CC3CC(CC(C3)C1)C2. The topological polar surface area (TPSA) is 41.1 Å². The molecule has 0 saturated heterocycles. The van der Waals surface area contributed by atoms with Crippen LogP contribution in [-0.2, 0) is 16.9 Å². The second-order valence-electron chi connectivity index (χ2n) is 12.9. The lowest BCUT2D eigenvalue weighted by Crippen LogP contribution is -2.65. The highest BCUT2D eigenvalue weighted by Crippen LogP contribution is 2.62. The lowest BCUT2D eigenvalue weighted by Gasteiger charge is -2.60. The molecule has 0 aromatic heterocycles. The van der Waals surface area contributed by atoms with Crippen molar-refractivity contribution >= 4 is 5.91 Å². The lowest BCUT2D eigenvalue weighted by atomic mass is 9.47. The Morgan fingerprint density at radius 2 is 1.02 bits per heavy atom. The molecule has 4 aromatic rings. The van der Waals surface area contributed by atoms with Crippen molar-refractivity contribution in [2.45, 2.75) is 56.7 Å². The normalized spacial score (nSPS) is 25.5. The average molecular weight is 541 g/mol. The van der Waals surface area contributed by atoms with Crippen LogP contribution in [0.4, 0.5) is 0 Å². The van der Waals surface area contributed by atoms with Gasteiger partial charge in [0.1, 0.15) is 0 Å². The number of carbonyl (C=O) groups is 1. The summed E-state index contributed by atoms with van der Waals surface area (Å²) in [5.41, 5.74) is 3.88. The fraction of sp³-hybridized carbons (Fsp3) is 0.342. The van der Waals surface area contributed by atoms with Gasteiger partial charge >= 0.3 is 0 Å². The highest BCUT2D eigenvalue weighted by atomic mass is 16.2. The maximum Gasteiger partial charge on any atom is 0.238 e. The summed E-state index contributed by atoms with van der Waals surface area (Å²) in [6, 6.07) is 42.2. The van der Waals surface area contributed by atoms with Gasteiger partial charge in [-0.05, 0) is 83.9 Å². The molecule has 0 radical (unpaired) electrons. The van der Waals surface area contributed by atoms with Crippen LogP contribution < -0.4 is 10.6 Å². The quantitative estimate of drug-likeness (QED) is 0.216. The molecule has 0 spiro atoms. The Balaban J connectivity index is 1.37. The van der Waals surface area contributed by atoms with E-state index in [-0.39, 0.29) is 17.4 Å². The van der Waals surface area contributed by atoms with E-state index in [1.54, 1.807) is 0 Å². The average Bonchev–Trinajstić information content (AvgIpc) is 3.02. The summed E-state index contributed by atoms with van der Waals surface area (Å²) in [6.07, 6.45) is 7.47. The van der Waals surface area contributed by atoms with Crippen LogP contribution in [0.1, 0.15) is 60.8 Å². The molecule has 1 unspecified atom stereocenters. The van der Waals surface area contributed by atoms with Crippen LogP contribution in [0, 0.1) is 23.2 Å². The maximum absolute atomic E-state index is 14.6. The third-order valence-electron chi connectivity index (χ3n) is 10.3. The number of benzene rings is 4. The molecule has 4 bridgehead atoms. The second kappa shape index (κ2) is 10.9. The molecular formula is C38H40N2O. The molecule has 0 aliphatic heterocycles. The number of amides is 1. The van der Waals surface area contributed by atoms with E-state index in [0.29, 0.717) is 6.54 Å². The Bertz CT molecular complexity index is 1320. The van der Waals surface area contributed by atoms with Crippen LogP contribution in [0.5, 0.6) is 0 Å². The molecule has 208 valence electrons. The van der Waals surface area contributed by atoms with E-state index in [0.717, 1.165) is 59.3 Å². The van der Waals surface area contributed by atoms with Crippen molar-refractivity contribution in [3.63, 3.8) is 0 Å². The molecule has 8 rings (SSSR count). The van der Waals surface area contributed by atoms with Crippen molar-refractivity contribution in [1.82, 2.24) is 10.6 Å². The van der Waals surface area contributed by atoms with Gasteiger partial charge in [-0.15, -0.1) is 0 Å². The lowest BCUT2D eigenvalue weighted by molar-refractivity contribution is -0.136. The van der Waals surface area contributed by atoms with Gasteiger partial charge in [-0.1, -0.05) is 121 Å². The molecule has 4 saturated carbocycles. The van der Waals surface area contributed by atoms with Crippen LogP contribution >= 0.6 is 0 Å². The first-order valence-corrected chi connectivity index (χ1v) is 15.4. The van der Waals surface area contributed by atoms with Crippen LogP contribution in [0.25, 0.3) is 0 Å². The summed E-state index contributed by atoms with van der Waals surface area (Å²) >= 11 is 0. The summed E-state index contributed by atoms with van der Waals surface area (Å²) in [7, 11) is 0. The summed E-state index contributed by atoms with van der Waals surface area (Å²) < 4.78 is 0. The van der Waals surface area contributed by atoms with Gasteiger partial charge in [-0.3, -0.25) is 10.1 Å². The highest BCUT2D eigenvalue weighted by Gasteiger charge is 2.57. The van der Waals surface area contributed by atoms with Gasteiger partial charge in [-0.25, -0.2) is 0 Å².